The molecule has 0 bridgehead atoms. The number of nitrogens with zero attached hydrogens (tertiary/aromatic N) is 1. The first-order valence-electron chi connectivity index (χ1n) is 10.4. The molecule has 1 aliphatic carbocycles. The average Bonchev–Trinajstić information content (AvgIpc) is 3.56. The van der Waals surface area contributed by atoms with Crippen LogP contribution in [0.3, 0.4) is 0 Å². The van der Waals surface area contributed by atoms with E-state index in [1.54, 1.807) is 0 Å². The Kier molecular flexibility index (Phi) is 5.98. The third kappa shape index (κ3) is 4.75. The van der Waals surface area contributed by atoms with E-state index in [0.717, 1.165) is 48.7 Å². The fourth-order valence-corrected chi connectivity index (χ4v) is 4.11. The molecule has 148 valence electrons. The van der Waals surface area contributed by atoms with Gasteiger partial charge in [-0.1, -0.05) is 49.0 Å². The molecule has 1 saturated carbocycles. The topological polar surface area (TPSA) is 44.7 Å². The number of ether oxygens (including phenoxy) is 1. The van der Waals surface area contributed by atoms with Crippen LogP contribution in [0.25, 0.3) is 0 Å². The fraction of sp³-hybridized carbons (Fsp3) is 0.417. The smallest absolute Gasteiger partial charge is 0.119 e. The Labute approximate surface area is 167 Å². The maximum absolute atomic E-state index is 9.40. The van der Waals surface area contributed by atoms with Crippen molar-refractivity contribution in [2.45, 2.75) is 37.7 Å². The average molecular weight is 379 g/mol. The normalized spacial score (nSPS) is 19.2. The zero-order valence-electron chi connectivity index (χ0n) is 16.4. The summed E-state index contributed by atoms with van der Waals surface area (Å²) in [6.45, 7) is 7.56. The first kappa shape index (κ1) is 19.0. The standard InChI is InChI=1S/C24H30N2O2/c1-18(25-27)24(20-5-3-2-4-6-20)21-9-11-22(12-10-21)28-23-13-15-26(16-14-23)17-19-7-8-19/h2-6,9-12,19,23-25,27H,1,7-8,13-17H2. The van der Waals surface area contributed by atoms with Gasteiger partial charge in [0, 0.05) is 25.3 Å². The molecule has 1 saturated heterocycles. The van der Waals surface area contributed by atoms with E-state index in [1.165, 1.54) is 19.4 Å². The van der Waals surface area contributed by atoms with Gasteiger partial charge in [0.25, 0.3) is 0 Å². The molecule has 1 unspecified atom stereocenters. The molecular formula is C24H30N2O2. The van der Waals surface area contributed by atoms with Gasteiger partial charge >= 0.3 is 0 Å². The molecule has 0 spiro atoms. The molecule has 4 nitrogen and oxygen atoms in total. The second kappa shape index (κ2) is 8.80. The van der Waals surface area contributed by atoms with Gasteiger partial charge in [-0.2, -0.15) is 0 Å². The summed E-state index contributed by atoms with van der Waals surface area (Å²) < 4.78 is 6.24. The number of rotatable bonds is 8. The lowest BCUT2D eigenvalue weighted by atomic mass is 9.89. The van der Waals surface area contributed by atoms with E-state index >= 15 is 0 Å². The zero-order chi connectivity index (χ0) is 19.3. The number of allylic oxidation sites excluding steroid dienone is 1. The molecule has 28 heavy (non-hydrogen) atoms. The van der Waals surface area contributed by atoms with Crippen LogP contribution in [0.1, 0.15) is 42.7 Å². The molecule has 2 fully saturated rings. The lowest BCUT2D eigenvalue weighted by Crippen LogP contribution is -2.39. The summed E-state index contributed by atoms with van der Waals surface area (Å²) >= 11 is 0. The second-order valence-electron chi connectivity index (χ2n) is 8.11. The number of hydrogen-bond acceptors (Lipinski definition) is 4. The number of hydroxylamine groups is 1. The van der Waals surface area contributed by atoms with E-state index < -0.39 is 0 Å². The van der Waals surface area contributed by atoms with Gasteiger partial charge in [0.2, 0.25) is 0 Å². The first-order valence-corrected chi connectivity index (χ1v) is 10.4. The summed E-state index contributed by atoms with van der Waals surface area (Å²) in [5.41, 5.74) is 4.95. The third-order valence-electron chi connectivity index (χ3n) is 5.89. The maximum Gasteiger partial charge on any atom is 0.119 e. The summed E-state index contributed by atoms with van der Waals surface area (Å²) in [5, 5.41) is 9.40. The first-order chi connectivity index (χ1) is 13.7. The lowest BCUT2D eigenvalue weighted by molar-refractivity contribution is 0.0980. The van der Waals surface area contributed by atoms with Crippen molar-refractivity contribution in [3.63, 3.8) is 0 Å². The van der Waals surface area contributed by atoms with E-state index in [0.29, 0.717) is 11.8 Å². The van der Waals surface area contributed by atoms with Crippen molar-refractivity contribution < 1.29 is 9.94 Å². The van der Waals surface area contributed by atoms with Crippen LogP contribution < -0.4 is 10.2 Å². The number of nitrogens with one attached hydrogen (secondary N) is 1. The molecule has 4 heteroatoms. The largest absolute Gasteiger partial charge is 0.490 e. The Bertz CT molecular complexity index is 763. The van der Waals surface area contributed by atoms with Gasteiger partial charge in [-0.3, -0.25) is 10.7 Å². The highest BCUT2D eigenvalue weighted by molar-refractivity contribution is 5.41. The van der Waals surface area contributed by atoms with E-state index in [1.807, 2.05) is 42.5 Å². The minimum atomic E-state index is -0.106. The van der Waals surface area contributed by atoms with Crippen molar-refractivity contribution in [3.05, 3.63) is 78.0 Å². The lowest BCUT2D eigenvalue weighted by Gasteiger charge is -2.32. The predicted molar refractivity (Wildman–Crippen MR) is 112 cm³/mol. The van der Waals surface area contributed by atoms with Gasteiger partial charge in [-0.25, -0.2) is 0 Å². The molecule has 0 amide bonds. The Morgan fingerprint density at radius 2 is 1.64 bits per heavy atom. The molecule has 0 radical (unpaired) electrons. The van der Waals surface area contributed by atoms with Crippen molar-refractivity contribution >= 4 is 0 Å². The fourth-order valence-electron chi connectivity index (χ4n) is 4.11. The number of likely N-dealkylation sites (tertiary alicyclic amines) is 1. The van der Waals surface area contributed by atoms with E-state index in [4.69, 9.17) is 4.74 Å². The highest BCUT2D eigenvalue weighted by atomic mass is 16.5. The third-order valence-corrected chi connectivity index (χ3v) is 5.89. The van der Waals surface area contributed by atoms with Crippen LogP contribution in [-0.4, -0.2) is 35.8 Å². The van der Waals surface area contributed by atoms with Gasteiger partial charge in [0.1, 0.15) is 11.9 Å². The van der Waals surface area contributed by atoms with Gasteiger partial charge in [-0.05, 0) is 54.9 Å². The maximum atomic E-state index is 9.40. The Balaban J connectivity index is 1.38. The van der Waals surface area contributed by atoms with Gasteiger partial charge in [0.15, 0.2) is 0 Å². The van der Waals surface area contributed by atoms with Crippen molar-refractivity contribution in [3.8, 4) is 5.75 Å². The van der Waals surface area contributed by atoms with Crippen LogP contribution in [0.5, 0.6) is 5.75 Å². The highest BCUT2D eigenvalue weighted by Crippen LogP contribution is 2.32. The minimum Gasteiger partial charge on any atom is -0.490 e. The zero-order valence-corrected chi connectivity index (χ0v) is 16.4. The quantitative estimate of drug-likeness (QED) is 0.661. The van der Waals surface area contributed by atoms with Crippen LogP contribution >= 0.6 is 0 Å². The number of hydrogen-bond donors (Lipinski definition) is 2. The molecule has 2 aromatic rings. The second-order valence-corrected chi connectivity index (χ2v) is 8.11. The summed E-state index contributed by atoms with van der Waals surface area (Å²) in [5.74, 6) is 1.77. The number of benzene rings is 2. The molecule has 2 N–H and O–H groups in total. The van der Waals surface area contributed by atoms with Crippen LogP contribution in [0.15, 0.2) is 66.9 Å². The van der Waals surface area contributed by atoms with Crippen molar-refractivity contribution in [1.82, 2.24) is 10.4 Å². The van der Waals surface area contributed by atoms with Gasteiger partial charge in [0.05, 0.1) is 5.92 Å². The summed E-state index contributed by atoms with van der Waals surface area (Å²) in [4.78, 5) is 2.60. The monoisotopic (exact) mass is 378 g/mol. The molecule has 2 aliphatic rings. The van der Waals surface area contributed by atoms with Crippen molar-refractivity contribution in [2.24, 2.45) is 5.92 Å². The van der Waals surface area contributed by atoms with E-state index in [9.17, 15) is 5.21 Å². The van der Waals surface area contributed by atoms with E-state index in [-0.39, 0.29) is 5.92 Å². The Morgan fingerprint density at radius 1 is 1.00 bits per heavy atom. The molecule has 0 aromatic heterocycles. The molecule has 1 aliphatic heterocycles. The summed E-state index contributed by atoms with van der Waals surface area (Å²) in [7, 11) is 0. The van der Waals surface area contributed by atoms with Crippen LogP contribution in [0, 0.1) is 5.92 Å². The highest BCUT2D eigenvalue weighted by Gasteiger charge is 2.27. The SMILES string of the molecule is C=C(NO)C(c1ccccc1)c1ccc(OC2CCN(CC3CC3)CC2)cc1. The van der Waals surface area contributed by atoms with Gasteiger partial charge in [-0.15, -0.1) is 0 Å². The van der Waals surface area contributed by atoms with Gasteiger partial charge < -0.3 is 9.64 Å². The summed E-state index contributed by atoms with van der Waals surface area (Å²) in [6.07, 6.45) is 5.36. The number of piperidine rings is 1. The molecular weight excluding hydrogens is 348 g/mol. The molecule has 1 heterocycles. The Hall–Kier alpha value is -2.30. The minimum absolute atomic E-state index is 0.106. The van der Waals surface area contributed by atoms with Crippen LogP contribution in [0.2, 0.25) is 0 Å². The summed E-state index contributed by atoms with van der Waals surface area (Å²) in [6, 6.07) is 18.3. The molecule has 2 aromatic carbocycles. The van der Waals surface area contributed by atoms with Crippen LogP contribution in [0.4, 0.5) is 0 Å². The van der Waals surface area contributed by atoms with Crippen molar-refractivity contribution in [1.29, 1.82) is 0 Å². The predicted octanol–water partition coefficient (Wildman–Crippen LogP) is 4.56. The van der Waals surface area contributed by atoms with Crippen LogP contribution in [-0.2, 0) is 0 Å². The van der Waals surface area contributed by atoms with E-state index in [2.05, 4.69) is 29.1 Å². The Morgan fingerprint density at radius 3 is 2.25 bits per heavy atom. The molecule has 1 atom stereocenters. The van der Waals surface area contributed by atoms with Crippen molar-refractivity contribution in [2.75, 3.05) is 19.6 Å². The molecule has 4 rings (SSSR count).